The van der Waals surface area contributed by atoms with E-state index in [0.29, 0.717) is 36.4 Å². The van der Waals surface area contributed by atoms with E-state index in [9.17, 15) is 14.0 Å². The van der Waals surface area contributed by atoms with E-state index in [1.54, 1.807) is 12.1 Å². The maximum atomic E-state index is 13.6. The van der Waals surface area contributed by atoms with Gasteiger partial charge >= 0.3 is 0 Å². The first kappa shape index (κ1) is 17.2. The smallest absolute Gasteiger partial charge is 0.247 e. The topological polar surface area (TPSA) is 49.4 Å². The molecule has 0 spiro atoms. The molecule has 4 saturated carbocycles. The Morgan fingerprint density at radius 1 is 1.07 bits per heavy atom. The van der Waals surface area contributed by atoms with E-state index in [-0.39, 0.29) is 23.0 Å². The fourth-order valence-corrected chi connectivity index (χ4v) is 6.75. The van der Waals surface area contributed by atoms with Crippen LogP contribution in [0.1, 0.15) is 51.4 Å². The lowest BCUT2D eigenvalue weighted by Gasteiger charge is -2.56. The summed E-state index contributed by atoms with van der Waals surface area (Å²) in [5.41, 5.74) is 0.241. The zero-order valence-corrected chi connectivity index (χ0v) is 15.6. The largest absolute Gasteiger partial charge is 0.330 e. The maximum absolute atomic E-state index is 13.6. The molecule has 1 atom stereocenters. The van der Waals surface area contributed by atoms with E-state index in [1.165, 1.54) is 31.4 Å². The monoisotopic (exact) mass is 370 g/mol. The third-order valence-electron chi connectivity index (χ3n) is 7.40. The number of rotatable bonds is 3. The molecule has 1 heterocycles. The molecule has 1 aliphatic heterocycles. The Bertz CT molecular complexity index is 742. The molecule has 5 heteroatoms. The molecule has 5 aliphatic rings. The normalized spacial score (nSPS) is 36.9. The van der Waals surface area contributed by atoms with Gasteiger partial charge in [-0.05, 0) is 87.3 Å². The molecule has 6 rings (SSSR count). The molecule has 2 amide bonds. The average Bonchev–Trinajstić information content (AvgIpc) is 3.09. The molecular weight excluding hydrogens is 343 g/mol. The standard InChI is InChI=1S/C22H27FN2O2/c23-17-3-1-4-18(10-17)24-20(26)19-5-2-6-25(19)21(27)22-11-14-7-15(12-22)9-16(8-14)13-22/h1,3-4,10,14-16,19H,2,5-9,11-13H2,(H,24,26)/t14?,15?,16?,19-,22?/m0/s1. The van der Waals surface area contributed by atoms with Gasteiger partial charge in [0.2, 0.25) is 11.8 Å². The molecule has 1 aromatic carbocycles. The Balaban J connectivity index is 1.33. The lowest BCUT2D eigenvalue weighted by atomic mass is 9.49. The number of hydrogen-bond donors (Lipinski definition) is 1. The average molecular weight is 370 g/mol. The number of carbonyl (C=O) groups is 2. The van der Waals surface area contributed by atoms with E-state index in [1.807, 2.05) is 4.90 Å². The number of likely N-dealkylation sites (tertiary alicyclic amines) is 1. The Morgan fingerprint density at radius 2 is 1.74 bits per heavy atom. The van der Waals surface area contributed by atoms with Crippen LogP contribution in [0.15, 0.2) is 24.3 Å². The number of nitrogens with zero attached hydrogens (tertiary/aromatic N) is 1. The van der Waals surface area contributed by atoms with E-state index in [2.05, 4.69) is 5.32 Å². The van der Waals surface area contributed by atoms with Crippen molar-refractivity contribution >= 4 is 17.5 Å². The van der Waals surface area contributed by atoms with Gasteiger partial charge in [-0.3, -0.25) is 9.59 Å². The van der Waals surface area contributed by atoms with Crippen LogP contribution in [-0.2, 0) is 9.59 Å². The van der Waals surface area contributed by atoms with Gasteiger partial charge < -0.3 is 10.2 Å². The molecule has 0 unspecified atom stereocenters. The molecule has 5 fully saturated rings. The van der Waals surface area contributed by atoms with Gasteiger partial charge in [0.25, 0.3) is 0 Å². The van der Waals surface area contributed by atoms with Crippen LogP contribution in [0.2, 0.25) is 0 Å². The highest BCUT2D eigenvalue weighted by Gasteiger charge is 2.56. The summed E-state index contributed by atoms with van der Waals surface area (Å²) in [4.78, 5) is 28.3. The van der Waals surface area contributed by atoms with Crippen molar-refractivity contribution in [1.29, 1.82) is 0 Å². The number of benzene rings is 1. The summed E-state index contributed by atoms with van der Waals surface area (Å²) in [6.45, 7) is 0.668. The number of anilines is 1. The molecule has 1 N–H and O–H groups in total. The van der Waals surface area contributed by atoms with Crippen molar-refractivity contribution in [3.63, 3.8) is 0 Å². The van der Waals surface area contributed by atoms with Crippen molar-refractivity contribution < 1.29 is 14.0 Å². The second kappa shape index (κ2) is 6.32. The number of carbonyl (C=O) groups excluding carboxylic acids is 2. The number of hydrogen-bond acceptors (Lipinski definition) is 2. The van der Waals surface area contributed by atoms with Gasteiger partial charge in [-0.25, -0.2) is 4.39 Å². The van der Waals surface area contributed by atoms with Gasteiger partial charge in [0, 0.05) is 12.2 Å². The van der Waals surface area contributed by atoms with Gasteiger partial charge in [-0.15, -0.1) is 0 Å². The molecule has 4 nitrogen and oxygen atoms in total. The minimum atomic E-state index is -0.422. The Morgan fingerprint density at radius 3 is 2.37 bits per heavy atom. The molecule has 0 aromatic heterocycles. The Labute approximate surface area is 159 Å². The van der Waals surface area contributed by atoms with Crippen molar-refractivity contribution in [2.45, 2.75) is 57.4 Å². The summed E-state index contributed by atoms with van der Waals surface area (Å²) in [7, 11) is 0. The first-order valence-electron chi connectivity index (χ1n) is 10.4. The summed E-state index contributed by atoms with van der Waals surface area (Å²) in [5.74, 6) is 1.79. The van der Waals surface area contributed by atoms with E-state index in [4.69, 9.17) is 0 Å². The minimum absolute atomic E-state index is 0.184. The van der Waals surface area contributed by atoms with Crippen LogP contribution in [0.3, 0.4) is 0 Å². The minimum Gasteiger partial charge on any atom is -0.330 e. The van der Waals surface area contributed by atoms with Crippen molar-refractivity contribution in [1.82, 2.24) is 4.90 Å². The van der Waals surface area contributed by atoms with Crippen molar-refractivity contribution in [2.24, 2.45) is 23.2 Å². The van der Waals surface area contributed by atoms with Crippen molar-refractivity contribution in [2.75, 3.05) is 11.9 Å². The molecule has 0 radical (unpaired) electrons. The zero-order valence-electron chi connectivity index (χ0n) is 15.6. The van der Waals surface area contributed by atoms with Crippen LogP contribution >= 0.6 is 0 Å². The second-order valence-electron chi connectivity index (χ2n) is 9.35. The van der Waals surface area contributed by atoms with Crippen molar-refractivity contribution in [3.8, 4) is 0 Å². The van der Waals surface area contributed by atoms with E-state index in [0.717, 1.165) is 25.7 Å². The molecule has 27 heavy (non-hydrogen) atoms. The summed E-state index contributed by atoms with van der Waals surface area (Å²) in [6, 6.07) is 5.51. The highest BCUT2D eigenvalue weighted by atomic mass is 19.1. The molecule has 4 bridgehead atoms. The molecule has 1 saturated heterocycles. The third kappa shape index (κ3) is 2.95. The SMILES string of the molecule is O=C(Nc1cccc(F)c1)[C@@H]1CCCN1C(=O)C12CC3CC(CC(C3)C1)C2. The second-order valence-corrected chi connectivity index (χ2v) is 9.35. The molecular formula is C22H27FN2O2. The Hall–Kier alpha value is -1.91. The van der Waals surface area contributed by atoms with Gasteiger partial charge in [0.1, 0.15) is 11.9 Å². The van der Waals surface area contributed by atoms with Crippen molar-refractivity contribution in [3.05, 3.63) is 30.1 Å². The first-order valence-corrected chi connectivity index (χ1v) is 10.4. The fourth-order valence-electron chi connectivity index (χ4n) is 6.75. The van der Waals surface area contributed by atoms with E-state index < -0.39 is 6.04 Å². The van der Waals surface area contributed by atoms with Crippen LogP contribution in [0.25, 0.3) is 0 Å². The quantitative estimate of drug-likeness (QED) is 0.875. The van der Waals surface area contributed by atoms with Crippen LogP contribution in [0.5, 0.6) is 0 Å². The predicted molar refractivity (Wildman–Crippen MR) is 100 cm³/mol. The van der Waals surface area contributed by atoms with Crippen LogP contribution in [0.4, 0.5) is 10.1 Å². The van der Waals surface area contributed by atoms with Crippen LogP contribution in [0, 0.1) is 29.0 Å². The highest BCUT2D eigenvalue weighted by molar-refractivity contribution is 5.98. The maximum Gasteiger partial charge on any atom is 0.247 e. The van der Waals surface area contributed by atoms with Crippen LogP contribution < -0.4 is 5.32 Å². The van der Waals surface area contributed by atoms with Gasteiger partial charge in [0.05, 0.1) is 5.41 Å². The zero-order chi connectivity index (χ0) is 18.6. The molecule has 1 aromatic rings. The highest BCUT2D eigenvalue weighted by Crippen LogP contribution is 2.60. The summed E-state index contributed by atoms with van der Waals surface area (Å²) in [5, 5.41) is 2.81. The predicted octanol–water partition coefficient (Wildman–Crippen LogP) is 3.97. The number of nitrogens with one attached hydrogen (secondary N) is 1. The first-order chi connectivity index (χ1) is 13.0. The fraction of sp³-hybridized carbons (Fsp3) is 0.636. The summed E-state index contributed by atoms with van der Waals surface area (Å²) >= 11 is 0. The molecule has 4 aliphatic carbocycles. The lowest BCUT2D eigenvalue weighted by Crippen LogP contribution is -2.56. The lowest BCUT2D eigenvalue weighted by molar-refractivity contribution is -0.160. The summed E-state index contributed by atoms with van der Waals surface area (Å²) in [6.07, 6.45) is 8.52. The Kier molecular flexibility index (Phi) is 4.03. The number of halogens is 1. The van der Waals surface area contributed by atoms with E-state index >= 15 is 0 Å². The van der Waals surface area contributed by atoms with Gasteiger partial charge in [0.15, 0.2) is 0 Å². The molecule has 144 valence electrons. The number of amides is 2. The van der Waals surface area contributed by atoms with Gasteiger partial charge in [-0.1, -0.05) is 6.07 Å². The third-order valence-corrected chi connectivity index (χ3v) is 7.40. The van der Waals surface area contributed by atoms with Crippen LogP contribution in [-0.4, -0.2) is 29.3 Å². The van der Waals surface area contributed by atoms with Gasteiger partial charge in [-0.2, -0.15) is 0 Å². The summed E-state index contributed by atoms with van der Waals surface area (Å²) < 4.78 is 13.4.